The Morgan fingerprint density at radius 2 is 1.55 bits per heavy atom. The van der Waals surface area contributed by atoms with Crippen molar-refractivity contribution >= 4 is 23.5 Å². The van der Waals surface area contributed by atoms with E-state index in [1.807, 2.05) is 54.6 Å². The zero-order chi connectivity index (χ0) is 20.4. The molecule has 150 valence electrons. The minimum atomic E-state index is -0.757. The lowest BCUT2D eigenvalue weighted by atomic mass is 9.81. The lowest BCUT2D eigenvalue weighted by Gasteiger charge is -2.35. The lowest BCUT2D eigenvalue weighted by molar-refractivity contribution is -0.136. The Labute approximate surface area is 170 Å². The number of amides is 4. The van der Waals surface area contributed by atoms with Gasteiger partial charge in [-0.25, -0.2) is 4.79 Å². The molecule has 1 aliphatic carbocycles. The van der Waals surface area contributed by atoms with Crippen LogP contribution in [0.2, 0.25) is 0 Å². The third kappa shape index (κ3) is 3.50. The second kappa shape index (κ2) is 7.70. The van der Waals surface area contributed by atoms with Gasteiger partial charge in [0.1, 0.15) is 12.1 Å². The second-order valence-electron chi connectivity index (χ2n) is 7.82. The van der Waals surface area contributed by atoms with Crippen molar-refractivity contribution in [3.8, 4) is 11.1 Å². The zero-order valence-electron chi connectivity index (χ0n) is 16.6. The van der Waals surface area contributed by atoms with Gasteiger partial charge in [-0.1, -0.05) is 61.7 Å². The van der Waals surface area contributed by atoms with Crippen molar-refractivity contribution in [2.45, 2.75) is 37.6 Å². The summed E-state index contributed by atoms with van der Waals surface area (Å²) >= 11 is 0. The predicted molar refractivity (Wildman–Crippen MR) is 111 cm³/mol. The molecule has 4 amide bonds. The van der Waals surface area contributed by atoms with Gasteiger partial charge in [-0.3, -0.25) is 14.5 Å². The predicted octanol–water partition coefficient (Wildman–Crippen LogP) is 3.89. The molecule has 2 aliphatic rings. The number of hydrogen-bond acceptors (Lipinski definition) is 3. The molecule has 0 radical (unpaired) electrons. The summed E-state index contributed by atoms with van der Waals surface area (Å²) in [6.45, 7) is -0.260. The van der Waals surface area contributed by atoms with Gasteiger partial charge in [0.25, 0.3) is 5.91 Å². The minimum absolute atomic E-state index is 0.237. The molecule has 4 rings (SSSR count). The Balaban J connectivity index is 1.42. The molecule has 1 spiro atoms. The maximum Gasteiger partial charge on any atom is 0.327 e. The summed E-state index contributed by atoms with van der Waals surface area (Å²) in [6.07, 6.45) is 4.28. The van der Waals surface area contributed by atoms with E-state index in [2.05, 4.69) is 5.32 Å². The highest BCUT2D eigenvalue weighted by atomic mass is 16.2. The summed E-state index contributed by atoms with van der Waals surface area (Å²) < 4.78 is 0. The Kier molecular flexibility index (Phi) is 5.09. The number of likely N-dealkylation sites (N-methyl/N-ethyl adjacent to an activating group) is 1. The smallest absolute Gasteiger partial charge is 0.325 e. The molecular formula is C23H25N3O3. The Hall–Kier alpha value is -3.15. The zero-order valence-corrected chi connectivity index (χ0v) is 16.6. The summed E-state index contributed by atoms with van der Waals surface area (Å²) in [5.74, 6) is -0.611. The van der Waals surface area contributed by atoms with Crippen LogP contribution in [-0.4, -0.2) is 46.8 Å². The van der Waals surface area contributed by atoms with Crippen LogP contribution >= 0.6 is 0 Å². The van der Waals surface area contributed by atoms with Gasteiger partial charge in [0, 0.05) is 12.7 Å². The quantitative estimate of drug-likeness (QED) is 0.804. The highest BCUT2D eigenvalue weighted by Gasteiger charge is 2.55. The van der Waals surface area contributed by atoms with Gasteiger partial charge < -0.3 is 10.2 Å². The van der Waals surface area contributed by atoms with Crippen molar-refractivity contribution in [2.24, 2.45) is 0 Å². The fraction of sp³-hybridized carbons (Fsp3) is 0.348. The van der Waals surface area contributed by atoms with Crippen LogP contribution < -0.4 is 5.32 Å². The van der Waals surface area contributed by atoms with Gasteiger partial charge in [-0.15, -0.1) is 0 Å². The van der Waals surface area contributed by atoms with E-state index in [0.717, 1.165) is 35.3 Å². The van der Waals surface area contributed by atoms with Crippen LogP contribution in [0.1, 0.15) is 32.1 Å². The molecule has 6 nitrogen and oxygen atoms in total. The van der Waals surface area contributed by atoms with E-state index in [0.29, 0.717) is 18.5 Å². The van der Waals surface area contributed by atoms with Gasteiger partial charge in [-0.05, 0) is 36.1 Å². The number of anilines is 1. The number of nitrogens with zero attached hydrogens (tertiary/aromatic N) is 2. The van der Waals surface area contributed by atoms with Crippen LogP contribution in [0.5, 0.6) is 0 Å². The Bertz CT molecular complexity index is 918. The van der Waals surface area contributed by atoms with Crippen molar-refractivity contribution < 1.29 is 14.4 Å². The van der Waals surface area contributed by atoms with Crippen LogP contribution in [0, 0.1) is 0 Å². The van der Waals surface area contributed by atoms with E-state index in [1.54, 1.807) is 7.05 Å². The van der Waals surface area contributed by atoms with Gasteiger partial charge in [-0.2, -0.15) is 0 Å². The fourth-order valence-corrected chi connectivity index (χ4v) is 4.39. The first kappa shape index (κ1) is 19.2. The second-order valence-corrected chi connectivity index (χ2v) is 7.82. The van der Waals surface area contributed by atoms with Gasteiger partial charge in [0.15, 0.2) is 0 Å². The number of imide groups is 1. The summed E-state index contributed by atoms with van der Waals surface area (Å²) in [7, 11) is 1.67. The molecular weight excluding hydrogens is 366 g/mol. The summed E-state index contributed by atoms with van der Waals surface area (Å²) in [4.78, 5) is 40.8. The van der Waals surface area contributed by atoms with Crippen molar-refractivity contribution in [1.29, 1.82) is 0 Å². The molecule has 1 saturated heterocycles. The normalized spacial score (nSPS) is 18.4. The van der Waals surface area contributed by atoms with Crippen LogP contribution in [0.4, 0.5) is 10.5 Å². The molecule has 0 unspecified atom stereocenters. The van der Waals surface area contributed by atoms with Crippen LogP contribution in [0.25, 0.3) is 11.1 Å². The number of urea groups is 1. The molecule has 1 aliphatic heterocycles. The highest BCUT2D eigenvalue weighted by Crippen LogP contribution is 2.39. The molecule has 1 N–H and O–H groups in total. The van der Waals surface area contributed by atoms with Crippen molar-refractivity contribution in [1.82, 2.24) is 9.80 Å². The Morgan fingerprint density at radius 3 is 2.21 bits per heavy atom. The van der Waals surface area contributed by atoms with Crippen LogP contribution in [0.3, 0.4) is 0 Å². The molecule has 0 bridgehead atoms. The average molecular weight is 391 g/mol. The van der Waals surface area contributed by atoms with E-state index in [4.69, 9.17) is 0 Å². The van der Waals surface area contributed by atoms with Crippen LogP contribution in [0.15, 0.2) is 54.6 Å². The Morgan fingerprint density at radius 1 is 0.931 bits per heavy atom. The van der Waals surface area contributed by atoms with Gasteiger partial charge in [0.05, 0.1) is 0 Å². The molecule has 1 saturated carbocycles. The van der Waals surface area contributed by atoms with E-state index in [9.17, 15) is 14.4 Å². The standard InChI is InChI=1S/C23H25N3O3/c1-25-22(29)26(21(28)23(25)14-6-3-7-15-23)16-20(27)24-19-12-10-18(11-13-19)17-8-4-2-5-9-17/h2,4-5,8-13H,3,6-7,14-16H2,1H3,(H,24,27). The summed E-state index contributed by atoms with van der Waals surface area (Å²) in [5, 5.41) is 2.79. The van der Waals surface area contributed by atoms with Crippen molar-refractivity contribution in [3.63, 3.8) is 0 Å². The molecule has 0 atom stereocenters. The number of benzene rings is 2. The fourth-order valence-electron chi connectivity index (χ4n) is 4.39. The highest BCUT2D eigenvalue weighted by molar-refractivity contribution is 6.10. The number of carbonyl (C=O) groups excluding carboxylic acids is 3. The third-order valence-electron chi connectivity index (χ3n) is 6.06. The number of nitrogens with one attached hydrogen (secondary N) is 1. The lowest BCUT2D eigenvalue weighted by Crippen LogP contribution is -2.49. The number of hydrogen-bond donors (Lipinski definition) is 1. The first-order chi connectivity index (χ1) is 14.0. The topological polar surface area (TPSA) is 69.7 Å². The van der Waals surface area contributed by atoms with Gasteiger partial charge >= 0.3 is 6.03 Å². The van der Waals surface area contributed by atoms with E-state index in [1.165, 1.54) is 4.90 Å². The van der Waals surface area contributed by atoms with E-state index >= 15 is 0 Å². The first-order valence-electron chi connectivity index (χ1n) is 10.1. The monoisotopic (exact) mass is 391 g/mol. The minimum Gasteiger partial charge on any atom is -0.325 e. The molecule has 1 heterocycles. The molecule has 2 fully saturated rings. The van der Waals surface area contributed by atoms with Crippen molar-refractivity contribution in [2.75, 3.05) is 18.9 Å². The first-order valence-corrected chi connectivity index (χ1v) is 10.1. The van der Waals surface area contributed by atoms with Crippen LogP contribution in [-0.2, 0) is 9.59 Å². The molecule has 29 heavy (non-hydrogen) atoms. The SMILES string of the molecule is CN1C(=O)N(CC(=O)Nc2ccc(-c3ccccc3)cc2)C(=O)C12CCCCC2. The summed E-state index contributed by atoms with van der Waals surface area (Å²) in [6, 6.07) is 17.1. The molecule has 2 aromatic rings. The van der Waals surface area contributed by atoms with E-state index in [-0.39, 0.29) is 24.4 Å². The molecule has 0 aromatic heterocycles. The molecule has 2 aromatic carbocycles. The average Bonchev–Trinajstić information content (AvgIpc) is 2.92. The number of carbonyl (C=O) groups is 3. The summed E-state index contributed by atoms with van der Waals surface area (Å²) in [5.41, 5.74) is 2.02. The third-order valence-corrected chi connectivity index (χ3v) is 6.06. The largest absolute Gasteiger partial charge is 0.327 e. The number of rotatable bonds is 4. The maximum absolute atomic E-state index is 13.0. The maximum atomic E-state index is 13.0. The van der Waals surface area contributed by atoms with Gasteiger partial charge in [0.2, 0.25) is 5.91 Å². The van der Waals surface area contributed by atoms with Crippen molar-refractivity contribution in [3.05, 3.63) is 54.6 Å². The molecule has 6 heteroatoms. The van der Waals surface area contributed by atoms with E-state index < -0.39 is 5.54 Å².